The van der Waals surface area contributed by atoms with E-state index in [2.05, 4.69) is 20.5 Å². The number of benzene rings is 1. The monoisotopic (exact) mass is 276 g/mol. The van der Waals surface area contributed by atoms with E-state index in [1.54, 1.807) is 33.3 Å². The molecule has 1 amide bonds. The second-order valence-corrected chi connectivity index (χ2v) is 4.20. The number of amides is 1. The molecule has 0 atom stereocenters. The van der Waals surface area contributed by atoms with Gasteiger partial charge in [0.2, 0.25) is 5.95 Å². The minimum atomic E-state index is -0.333. The second-order valence-electron chi connectivity index (χ2n) is 4.20. The zero-order valence-electron chi connectivity index (χ0n) is 11.8. The summed E-state index contributed by atoms with van der Waals surface area (Å²) >= 11 is 0. The van der Waals surface area contributed by atoms with Crippen molar-refractivity contribution in [3.8, 4) is 11.5 Å². The van der Waals surface area contributed by atoms with Gasteiger partial charge in [0.25, 0.3) is 5.91 Å². The predicted octanol–water partition coefficient (Wildman–Crippen LogP) is 1.69. The molecule has 1 aromatic heterocycles. The van der Waals surface area contributed by atoms with Gasteiger partial charge >= 0.3 is 0 Å². The fraction of sp³-hybridized carbons (Fsp3) is 0.308. The molecule has 0 saturated carbocycles. The second kappa shape index (κ2) is 5.60. The average Bonchev–Trinajstić information content (AvgIpc) is 2.84. The number of carbonyl (C=O) groups is 1. The molecule has 0 aliphatic rings. The maximum Gasteiger partial charge on any atom is 0.258 e. The Hall–Kier alpha value is -2.57. The quantitative estimate of drug-likeness (QED) is 0.887. The van der Waals surface area contributed by atoms with Crippen LogP contribution in [0.5, 0.6) is 11.5 Å². The molecule has 2 N–H and O–H groups in total. The number of nitrogens with zero attached hydrogens (tertiary/aromatic N) is 2. The van der Waals surface area contributed by atoms with E-state index in [1.807, 2.05) is 6.92 Å². The molecular formula is C13H16N4O3. The summed E-state index contributed by atoms with van der Waals surface area (Å²) in [6.45, 7) is 3.61. The SMILES string of the molecule is COc1cc(C(=O)Nc2n[nH]c(C)n2)cc(OC)c1C. The fourth-order valence-corrected chi connectivity index (χ4v) is 1.79. The van der Waals surface area contributed by atoms with Crippen LogP contribution in [0.2, 0.25) is 0 Å². The average molecular weight is 276 g/mol. The van der Waals surface area contributed by atoms with E-state index < -0.39 is 0 Å². The molecule has 2 rings (SSSR count). The van der Waals surface area contributed by atoms with Gasteiger partial charge in [-0.05, 0) is 26.0 Å². The van der Waals surface area contributed by atoms with Crippen LogP contribution in [-0.4, -0.2) is 35.3 Å². The van der Waals surface area contributed by atoms with Gasteiger partial charge in [0, 0.05) is 11.1 Å². The van der Waals surface area contributed by atoms with E-state index in [4.69, 9.17) is 9.47 Å². The molecule has 7 heteroatoms. The van der Waals surface area contributed by atoms with E-state index in [0.717, 1.165) is 5.56 Å². The summed E-state index contributed by atoms with van der Waals surface area (Å²) in [6, 6.07) is 3.29. The lowest BCUT2D eigenvalue weighted by atomic mass is 10.1. The van der Waals surface area contributed by atoms with Crippen molar-refractivity contribution in [2.45, 2.75) is 13.8 Å². The Balaban J connectivity index is 2.29. The van der Waals surface area contributed by atoms with Gasteiger partial charge < -0.3 is 9.47 Å². The molecule has 0 aliphatic heterocycles. The van der Waals surface area contributed by atoms with E-state index in [0.29, 0.717) is 22.9 Å². The summed E-state index contributed by atoms with van der Waals surface area (Å²) in [5.74, 6) is 1.69. The van der Waals surface area contributed by atoms with Gasteiger partial charge in [-0.2, -0.15) is 4.98 Å². The lowest BCUT2D eigenvalue weighted by Gasteiger charge is -2.12. The molecule has 1 aromatic carbocycles. The van der Waals surface area contributed by atoms with Crippen LogP contribution in [0.4, 0.5) is 5.95 Å². The Bertz CT molecular complexity index is 611. The molecule has 7 nitrogen and oxygen atoms in total. The van der Waals surface area contributed by atoms with Gasteiger partial charge in [0.05, 0.1) is 14.2 Å². The highest BCUT2D eigenvalue weighted by molar-refractivity contribution is 6.04. The maximum absolute atomic E-state index is 12.2. The van der Waals surface area contributed by atoms with Gasteiger partial charge in [-0.1, -0.05) is 0 Å². The molecule has 0 radical (unpaired) electrons. The van der Waals surface area contributed by atoms with Crippen LogP contribution in [0.1, 0.15) is 21.7 Å². The first-order valence-corrected chi connectivity index (χ1v) is 5.98. The summed E-state index contributed by atoms with van der Waals surface area (Å²) in [4.78, 5) is 16.2. The third kappa shape index (κ3) is 2.71. The number of methoxy groups -OCH3 is 2. The van der Waals surface area contributed by atoms with Crippen LogP contribution in [0.3, 0.4) is 0 Å². The smallest absolute Gasteiger partial charge is 0.258 e. The Morgan fingerprint density at radius 3 is 2.25 bits per heavy atom. The Morgan fingerprint density at radius 2 is 1.80 bits per heavy atom. The van der Waals surface area contributed by atoms with Crippen molar-refractivity contribution in [2.75, 3.05) is 19.5 Å². The van der Waals surface area contributed by atoms with E-state index >= 15 is 0 Å². The fourth-order valence-electron chi connectivity index (χ4n) is 1.79. The molecule has 0 aliphatic carbocycles. The highest BCUT2D eigenvalue weighted by atomic mass is 16.5. The van der Waals surface area contributed by atoms with Crippen molar-refractivity contribution in [1.29, 1.82) is 0 Å². The molecule has 106 valence electrons. The first-order valence-electron chi connectivity index (χ1n) is 5.98. The predicted molar refractivity (Wildman–Crippen MR) is 73.4 cm³/mol. The van der Waals surface area contributed by atoms with Crippen LogP contribution in [-0.2, 0) is 0 Å². The van der Waals surface area contributed by atoms with E-state index in [1.165, 1.54) is 0 Å². The number of aromatic amines is 1. The van der Waals surface area contributed by atoms with Gasteiger partial charge in [-0.3, -0.25) is 15.2 Å². The molecule has 0 bridgehead atoms. The number of rotatable bonds is 4. The number of aromatic nitrogens is 3. The van der Waals surface area contributed by atoms with Crippen LogP contribution in [0.15, 0.2) is 12.1 Å². The third-order valence-corrected chi connectivity index (χ3v) is 2.84. The summed E-state index contributed by atoms with van der Waals surface area (Å²) in [5.41, 5.74) is 1.24. The lowest BCUT2D eigenvalue weighted by molar-refractivity contribution is 0.102. The third-order valence-electron chi connectivity index (χ3n) is 2.84. The van der Waals surface area contributed by atoms with Crippen LogP contribution in [0.25, 0.3) is 0 Å². The summed E-state index contributed by atoms with van der Waals surface area (Å²) in [6.07, 6.45) is 0. The standard InChI is InChI=1S/C13H16N4O3/c1-7-10(19-3)5-9(6-11(7)20-4)12(18)15-13-14-8(2)16-17-13/h5-6H,1-4H3,(H2,14,15,16,17,18). The molecule has 1 heterocycles. The lowest BCUT2D eigenvalue weighted by Crippen LogP contribution is -2.13. The van der Waals surface area contributed by atoms with Gasteiger partial charge in [0.1, 0.15) is 17.3 Å². The van der Waals surface area contributed by atoms with Crippen molar-refractivity contribution in [3.05, 3.63) is 29.1 Å². The number of carbonyl (C=O) groups excluding carboxylic acids is 1. The minimum Gasteiger partial charge on any atom is -0.496 e. The number of H-pyrrole nitrogens is 1. The van der Waals surface area contributed by atoms with Crippen LogP contribution in [0, 0.1) is 13.8 Å². The number of hydrogen-bond acceptors (Lipinski definition) is 5. The number of nitrogens with one attached hydrogen (secondary N) is 2. The van der Waals surface area contributed by atoms with Crippen molar-refractivity contribution in [2.24, 2.45) is 0 Å². The number of aryl methyl sites for hydroxylation is 1. The van der Waals surface area contributed by atoms with Crippen LogP contribution < -0.4 is 14.8 Å². The van der Waals surface area contributed by atoms with Crippen molar-refractivity contribution in [3.63, 3.8) is 0 Å². The number of hydrogen-bond donors (Lipinski definition) is 2. The molecular weight excluding hydrogens is 260 g/mol. The first-order chi connectivity index (χ1) is 9.55. The molecule has 0 spiro atoms. The summed E-state index contributed by atoms with van der Waals surface area (Å²) in [5, 5.41) is 9.11. The molecule has 0 unspecified atom stereocenters. The number of ether oxygens (including phenoxy) is 2. The first kappa shape index (κ1) is 13.9. The summed E-state index contributed by atoms with van der Waals surface area (Å²) < 4.78 is 10.5. The normalized spacial score (nSPS) is 10.2. The maximum atomic E-state index is 12.2. The van der Waals surface area contributed by atoms with Gasteiger partial charge in [-0.15, -0.1) is 5.10 Å². The molecule has 20 heavy (non-hydrogen) atoms. The molecule has 0 fully saturated rings. The topological polar surface area (TPSA) is 89.1 Å². The van der Waals surface area contributed by atoms with E-state index in [9.17, 15) is 4.79 Å². The van der Waals surface area contributed by atoms with Crippen molar-refractivity contribution in [1.82, 2.24) is 15.2 Å². The number of anilines is 1. The minimum absolute atomic E-state index is 0.228. The highest BCUT2D eigenvalue weighted by Gasteiger charge is 2.15. The Labute approximate surface area is 116 Å². The largest absolute Gasteiger partial charge is 0.496 e. The van der Waals surface area contributed by atoms with Crippen molar-refractivity contribution >= 4 is 11.9 Å². The van der Waals surface area contributed by atoms with Crippen LogP contribution >= 0.6 is 0 Å². The Kier molecular flexibility index (Phi) is 3.88. The summed E-state index contributed by atoms with van der Waals surface area (Å²) in [7, 11) is 3.09. The molecule has 0 saturated heterocycles. The highest BCUT2D eigenvalue weighted by Crippen LogP contribution is 2.29. The zero-order chi connectivity index (χ0) is 14.7. The molecule has 2 aromatic rings. The van der Waals surface area contributed by atoms with Gasteiger partial charge in [-0.25, -0.2) is 0 Å². The van der Waals surface area contributed by atoms with E-state index in [-0.39, 0.29) is 11.9 Å². The Morgan fingerprint density at radius 1 is 1.20 bits per heavy atom. The van der Waals surface area contributed by atoms with Gasteiger partial charge in [0.15, 0.2) is 0 Å². The zero-order valence-corrected chi connectivity index (χ0v) is 11.8. The van der Waals surface area contributed by atoms with Crippen molar-refractivity contribution < 1.29 is 14.3 Å².